The number of hydrogen-bond acceptors (Lipinski definition) is 8. The van der Waals surface area contributed by atoms with Gasteiger partial charge in [-0.15, -0.1) is 0 Å². The monoisotopic (exact) mass is 536 g/mol. The number of benzene rings is 2. The Balaban J connectivity index is 1.34. The van der Waals surface area contributed by atoms with E-state index in [0.717, 1.165) is 11.4 Å². The van der Waals surface area contributed by atoms with Crippen LogP contribution in [0.25, 0.3) is 17.0 Å². The molecule has 2 aromatic carbocycles. The van der Waals surface area contributed by atoms with Crippen LogP contribution in [-0.2, 0) is 4.74 Å². The number of para-hydroxylation sites is 2. The number of nitrogens with two attached hydrogens (primary N) is 1. The summed E-state index contributed by atoms with van der Waals surface area (Å²) in [4.78, 5) is 38.9. The first-order valence-electron chi connectivity index (χ1n) is 12.5. The minimum Gasteiger partial charge on any atom is -0.397 e. The maximum atomic E-state index is 12.6. The van der Waals surface area contributed by atoms with Gasteiger partial charge in [0, 0.05) is 37.3 Å². The molecule has 40 heavy (non-hydrogen) atoms. The quantitative estimate of drug-likeness (QED) is 0.163. The number of fused-ring (bicyclic) bond motifs is 1. The van der Waals surface area contributed by atoms with Crippen LogP contribution in [0.3, 0.4) is 0 Å². The fraction of sp³-hybridized carbons (Fsp3) is 0.138. The molecule has 5 aromatic rings. The lowest BCUT2D eigenvalue weighted by Crippen LogP contribution is -2.27. The van der Waals surface area contributed by atoms with Gasteiger partial charge in [-0.2, -0.15) is 0 Å². The van der Waals surface area contributed by atoms with E-state index in [2.05, 4.69) is 30.9 Å². The van der Waals surface area contributed by atoms with E-state index < -0.39 is 0 Å². The number of aryl methyl sites for hydroxylation is 1. The molecular formula is C29H28N8O3. The number of anilines is 4. The van der Waals surface area contributed by atoms with E-state index in [-0.39, 0.29) is 11.8 Å². The van der Waals surface area contributed by atoms with Gasteiger partial charge in [0.25, 0.3) is 11.8 Å². The van der Waals surface area contributed by atoms with E-state index in [1.807, 2.05) is 17.4 Å². The Morgan fingerprint density at radius 3 is 2.50 bits per heavy atom. The van der Waals surface area contributed by atoms with Crippen LogP contribution in [0.4, 0.5) is 23.0 Å². The number of carbonyl (C=O) groups is 2. The third-order valence-corrected chi connectivity index (χ3v) is 6.16. The van der Waals surface area contributed by atoms with E-state index in [0.29, 0.717) is 58.6 Å². The Morgan fingerprint density at radius 2 is 1.73 bits per heavy atom. The van der Waals surface area contributed by atoms with Gasteiger partial charge in [-0.1, -0.05) is 12.1 Å². The van der Waals surface area contributed by atoms with Crippen molar-refractivity contribution in [2.24, 2.45) is 0 Å². The molecule has 0 saturated heterocycles. The number of hydrogen-bond donors (Lipinski definition) is 4. The molecule has 5 N–H and O–H groups in total. The Bertz CT molecular complexity index is 1680. The number of aromatic nitrogens is 4. The van der Waals surface area contributed by atoms with Crippen LogP contribution in [0, 0.1) is 6.92 Å². The molecule has 0 bridgehead atoms. The fourth-order valence-corrected chi connectivity index (χ4v) is 4.16. The van der Waals surface area contributed by atoms with Gasteiger partial charge in [0.05, 0.1) is 40.6 Å². The lowest BCUT2D eigenvalue weighted by molar-refractivity contribution is 0.0936. The first kappa shape index (κ1) is 26.3. The van der Waals surface area contributed by atoms with Gasteiger partial charge in [-0.3, -0.25) is 14.0 Å². The lowest BCUT2D eigenvalue weighted by Gasteiger charge is -2.10. The van der Waals surface area contributed by atoms with Crippen LogP contribution >= 0.6 is 0 Å². The second kappa shape index (κ2) is 11.6. The Morgan fingerprint density at radius 1 is 0.950 bits per heavy atom. The van der Waals surface area contributed by atoms with Crippen LogP contribution in [0.15, 0.2) is 79.1 Å². The van der Waals surface area contributed by atoms with Gasteiger partial charge >= 0.3 is 0 Å². The molecule has 202 valence electrons. The maximum Gasteiger partial charge on any atom is 0.255 e. The largest absolute Gasteiger partial charge is 0.397 e. The summed E-state index contributed by atoms with van der Waals surface area (Å²) in [5, 5.41) is 8.82. The van der Waals surface area contributed by atoms with Crippen molar-refractivity contribution in [2.75, 3.05) is 36.6 Å². The second-order valence-corrected chi connectivity index (χ2v) is 8.95. The van der Waals surface area contributed by atoms with Gasteiger partial charge in [0.15, 0.2) is 0 Å². The fourth-order valence-electron chi connectivity index (χ4n) is 4.16. The second-order valence-electron chi connectivity index (χ2n) is 8.95. The summed E-state index contributed by atoms with van der Waals surface area (Å²) in [6.07, 6.45) is 3.39. The van der Waals surface area contributed by atoms with E-state index >= 15 is 0 Å². The minimum atomic E-state index is -0.266. The zero-order valence-corrected chi connectivity index (χ0v) is 22.0. The highest BCUT2D eigenvalue weighted by atomic mass is 16.5. The van der Waals surface area contributed by atoms with Crippen molar-refractivity contribution in [3.05, 3.63) is 95.9 Å². The van der Waals surface area contributed by atoms with E-state index in [4.69, 9.17) is 10.5 Å². The van der Waals surface area contributed by atoms with Crippen molar-refractivity contribution < 1.29 is 14.3 Å². The summed E-state index contributed by atoms with van der Waals surface area (Å²) in [6, 6.07) is 19.4. The summed E-state index contributed by atoms with van der Waals surface area (Å²) in [6.45, 7) is 2.74. The molecular weight excluding hydrogens is 508 g/mol. The van der Waals surface area contributed by atoms with E-state index in [9.17, 15) is 9.59 Å². The van der Waals surface area contributed by atoms with Crippen molar-refractivity contribution in [1.82, 2.24) is 24.7 Å². The number of carbonyl (C=O) groups excluding carboxylic acids is 2. The Hall–Kier alpha value is -5.29. The van der Waals surface area contributed by atoms with E-state index in [1.54, 1.807) is 80.2 Å². The van der Waals surface area contributed by atoms with Crippen LogP contribution < -0.4 is 21.7 Å². The summed E-state index contributed by atoms with van der Waals surface area (Å²) >= 11 is 0. The van der Waals surface area contributed by atoms with Crippen molar-refractivity contribution >= 4 is 40.5 Å². The number of nitrogens with one attached hydrogen (secondary N) is 3. The van der Waals surface area contributed by atoms with Crippen molar-refractivity contribution in [3.63, 3.8) is 0 Å². The number of nitrogens with zero attached hydrogens (tertiary/aromatic N) is 4. The zero-order valence-electron chi connectivity index (χ0n) is 22.0. The van der Waals surface area contributed by atoms with Crippen molar-refractivity contribution in [3.8, 4) is 11.4 Å². The molecule has 0 aliphatic heterocycles. The molecule has 5 rings (SSSR count). The lowest BCUT2D eigenvalue weighted by atomic mass is 10.2. The highest BCUT2D eigenvalue weighted by Crippen LogP contribution is 2.25. The number of nitrogen functional groups attached to an aromatic ring is 1. The number of rotatable bonds is 9. The van der Waals surface area contributed by atoms with Gasteiger partial charge < -0.3 is 26.4 Å². The number of methoxy groups -OCH3 is 1. The number of pyridine rings is 1. The number of imidazole rings is 1. The Labute approximate surface area is 230 Å². The molecule has 2 amide bonds. The molecule has 0 aliphatic carbocycles. The van der Waals surface area contributed by atoms with Crippen LogP contribution in [-0.4, -0.2) is 51.4 Å². The normalized spacial score (nSPS) is 10.8. The molecule has 0 fully saturated rings. The SMILES string of the molecule is COCCNC(=O)c1ccc2nc(C)c(-c3ccnc(Nc4ccc(C(=O)Nc5ccccc5N)cc4)n3)n2c1. The highest BCUT2D eigenvalue weighted by molar-refractivity contribution is 6.05. The molecule has 11 heteroatoms. The van der Waals surface area contributed by atoms with Gasteiger partial charge in [-0.25, -0.2) is 15.0 Å². The summed E-state index contributed by atoms with van der Waals surface area (Å²) in [7, 11) is 1.58. The van der Waals surface area contributed by atoms with Crippen LogP contribution in [0.2, 0.25) is 0 Å². The van der Waals surface area contributed by atoms with E-state index in [1.165, 1.54) is 0 Å². The molecule has 11 nitrogen and oxygen atoms in total. The predicted octanol–water partition coefficient (Wildman–Crippen LogP) is 4.05. The maximum absolute atomic E-state index is 12.6. The minimum absolute atomic E-state index is 0.203. The third kappa shape index (κ3) is 5.74. The molecule has 3 aromatic heterocycles. The smallest absolute Gasteiger partial charge is 0.255 e. The van der Waals surface area contributed by atoms with Crippen LogP contribution in [0.5, 0.6) is 0 Å². The summed E-state index contributed by atoms with van der Waals surface area (Å²) in [5.41, 5.74) is 11.5. The van der Waals surface area contributed by atoms with Gasteiger partial charge in [-0.05, 0) is 61.5 Å². The van der Waals surface area contributed by atoms with Crippen LogP contribution in [0.1, 0.15) is 26.4 Å². The molecule has 0 unspecified atom stereocenters. The van der Waals surface area contributed by atoms with Crippen molar-refractivity contribution in [2.45, 2.75) is 6.92 Å². The molecule has 0 spiro atoms. The molecule has 0 radical (unpaired) electrons. The topological polar surface area (TPSA) is 149 Å². The molecule has 0 atom stereocenters. The first-order valence-corrected chi connectivity index (χ1v) is 12.5. The highest BCUT2D eigenvalue weighted by Gasteiger charge is 2.16. The zero-order chi connectivity index (χ0) is 28.1. The first-order chi connectivity index (χ1) is 19.4. The average Bonchev–Trinajstić information content (AvgIpc) is 3.29. The summed E-state index contributed by atoms with van der Waals surface area (Å²) < 4.78 is 6.85. The number of ether oxygens (including phenoxy) is 1. The third-order valence-electron chi connectivity index (χ3n) is 6.16. The Kier molecular flexibility index (Phi) is 7.65. The number of amides is 2. The van der Waals surface area contributed by atoms with Gasteiger partial charge in [0.1, 0.15) is 5.65 Å². The summed E-state index contributed by atoms with van der Waals surface area (Å²) in [5.74, 6) is -0.0993. The van der Waals surface area contributed by atoms with Gasteiger partial charge in [0.2, 0.25) is 5.95 Å². The molecule has 0 aliphatic rings. The predicted molar refractivity (Wildman–Crippen MR) is 154 cm³/mol. The molecule has 0 saturated carbocycles. The average molecular weight is 537 g/mol. The van der Waals surface area contributed by atoms with Crippen molar-refractivity contribution in [1.29, 1.82) is 0 Å². The molecule has 3 heterocycles. The standard InChI is InChI=1S/C29H28N8O3/c1-18-26(37-17-20(9-12-25(37)33-18)27(38)31-15-16-40-2)24-13-14-32-29(36-24)34-21-10-7-19(8-11-21)28(39)35-23-6-4-3-5-22(23)30/h3-14,17H,15-16,30H2,1-2H3,(H,31,38)(H,35,39)(H,32,34,36).